The van der Waals surface area contributed by atoms with E-state index in [-0.39, 0.29) is 0 Å². The summed E-state index contributed by atoms with van der Waals surface area (Å²) < 4.78 is 4.70. The molecule has 0 aliphatic carbocycles. The fourth-order valence-corrected chi connectivity index (χ4v) is 1.46. The van der Waals surface area contributed by atoms with E-state index in [4.69, 9.17) is 10.4 Å². The Balaban J connectivity index is 2.24. The maximum atomic E-state index is 5.76. The van der Waals surface area contributed by atoms with Crippen molar-refractivity contribution in [2.24, 2.45) is 5.92 Å². The van der Waals surface area contributed by atoms with Crippen LogP contribution in [0.5, 0.6) is 0 Å². The normalized spacial score (nSPS) is 12.9. The van der Waals surface area contributed by atoms with E-state index in [1.54, 1.807) is 0 Å². The predicted molar refractivity (Wildman–Crippen MR) is 64.2 cm³/mol. The summed E-state index contributed by atoms with van der Waals surface area (Å²) in [6.07, 6.45) is 1.14. The van der Waals surface area contributed by atoms with Gasteiger partial charge in [0.2, 0.25) is 0 Å². The van der Waals surface area contributed by atoms with Gasteiger partial charge in [0.15, 0.2) is 11.0 Å². The highest BCUT2D eigenvalue weighted by atomic mass is 16.6. The van der Waals surface area contributed by atoms with Crippen molar-refractivity contribution in [3.63, 3.8) is 0 Å². The van der Waals surface area contributed by atoms with Crippen LogP contribution < -0.4 is 11.1 Å². The summed E-state index contributed by atoms with van der Waals surface area (Å²) in [4.78, 5) is 0. The van der Waals surface area contributed by atoms with Crippen LogP contribution in [0, 0.1) is 5.92 Å². The van der Waals surface area contributed by atoms with Gasteiger partial charge in [0.25, 0.3) is 0 Å². The van der Waals surface area contributed by atoms with Crippen molar-refractivity contribution >= 4 is 22.4 Å². The van der Waals surface area contributed by atoms with E-state index in [0.29, 0.717) is 22.6 Å². The SMILES string of the molecule is CCC(C)CNc1ccc(N)c2nonc12. The fraction of sp³-hybridized carbons (Fsp3) is 0.455. The number of hydrogen-bond donors (Lipinski definition) is 2. The quantitative estimate of drug-likeness (QED) is 0.773. The van der Waals surface area contributed by atoms with Crippen molar-refractivity contribution in [1.82, 2.24) is 10.3 Å². The average Bonchev–Trinajstić information content (AvgIpc) is 2.77. The molecule has 0 radical (unpaired) electrons. The molecular weight excluding hydrogens is 204 g/mol. The first-order valence-electron chi connectivity index (χ1n) is 5.47. The molecule has 0 aliphatic rings. The number of hydrogen-bond acceptors (Lipinski definition) is 5. The Hall–Kier alpha value is -1.78. The number of nitrogens with one attached hydrogen (secondary N) is 1. The third-order valence-corrected chi connectivity index (χ3v) is 2.78. The minimum atomic E-state index is 0.588. The fourth-order valence-electron chi connectivity index (χ4n) is 1.46. The molecule has 0 bridgehead atoms. The molecule has 0 amide bonds. The lowest BCUT2D eigenvalue weighted by Gasteiger charge is -2.11. The second kappa shape index (κ2) is 4.38. The van der Waals surface area contributed by atoms with Crippen LogP contribution in [0.25, 0.3) is 11.0 Å². The summed E-state index contributed by atoms with van der Waals surface area (Å²) in [5, 5.41) is 11.0. The molecule has 2 rings (SSSR count). The Morgan fingerprint density at radius 3 is 2.88 bits per heavy atom. The van der Waals surface area contributed by atoms with Crippen LogP contribution in [0.1, 0.15) is 20.3 Å². The van der Waals surface area contributed by atoms with Crippen LogP contribution in [0.15, 0.2) is 16.8 Å². The summed E-state index contributed by atoms with van der Waals surface area (Å²) in [5.74, 6) is 0.618. The molecule has 0 aliphatic heterocycles. The number of fused-ring (bicyclic) bond motifs is 1. The highest BCUT2D eigenvalue weighted by molar-refractivity contribution is 5.94. The van der Waals surface area contributed by atoms with Crippen molar-refractivity contribution < 1.29 is 4.63 Å². The van der Waals surface area contributed by atoms with Crippen LogP contribution in [0.4, 0.5) is 11.4 Å². The Bertz CT molecular complexity index is 480. The summed E-state index contributed by atoms with van der Waals surface area (Å²) in [6, 6.07) is 3.72. The Morgan fingerprint density at radius 1 is 1.38 bits per heavy atom. The standard InChI is InChI=1S/C11H16N4O/c1-3-7(2)6-13-9-5-4-8(12)10-11(9)15-16-14-10/h4-5,7,13H,3,6,12H2,1-2H3. The van der Waals surface area contributed by atoms with Crippen molar-refractivity contribution in [2.75, 3.05) is 17.6 Å². The molecule has 1 unspecified atom stereocenters. The number of rotatable bonds is 4. The van der Waals surface area contributed by atoms with E-state index in [1.807, 2.05) is 12.1 Å². The summed E-state index contributed by atoms with van der Waals surface area (Å²) in [7, 11) is 0. The third kappa shape index (κ3) is 1.93. The first kappa shape index (κ1) is 10.7. The molecule has 0 fully saturated rings. The summed E-state index contributed by atoms with van der Waals surface area (Å²) in [5.41, 5.74) is 8.59. The monoisotopic (exact) mass is 220 g/mol. The van der Waals surface area contributed by atoms with Gasteiger partial charge in [-0.2, -0.15) is 0 Å². The van der Waals surface area contributed by atoms with Gasteiger partial charge in [0, 0.05) is 6.54 Å². The van der Waals surface area contributed by atoms with E-state index in [1.165, 1.54) is 0 Å². The van der Waals surface area contributed by atoms with Gasteiger partial charge >= 0.3 is 0 Å². The molecule has 1 aromatic heterocycles. The predicted octanol–water partition coefficient (Wildman–Crippen LogP) is 2.26. The lowest BCUT2D eigenvalue weighted by Crippen LogP contribution is -2.10. The first-order valence-corrected chi connectivity index (χ1v) is 5.47. The lowest BCUT2D eigenvalue weighted by molar-refractivity contribution is 0.315. The molecule has 0 saturated carbocycles. The molecule has 86 valence electrons. The van der Waals surface area contributed by atoms with Crippen molar-refractivity contribution in [2.45, 2.75) is 20.3 Å². The van der Waals surface area contributed by atoms with Gasteiger partial charge in [0.05, 0.1) is 11.4 Å². The smallest absolute Gasteiger partial charge is 0.160 e. The number of anilines is 2. The van der Waals surface area contributed by atoms with Crippen molar-refractivity contribution in [3.05, 3.63) is 12.1 Å². The second-order valence-corrected chi connectivity index (χ2v) is 4.06. The average molecular weight is 220 g/mol. The van der Waals surface area contributed by atoms with E-state index >= 15 is 0 Å². The molecule has 0 spiro atoms. The molecule has 1 heterocycles. The maximum absolute atomic E-state index is 5.76. The highest BCUT2D eigenvalue weighted by Gasteiger charge is 2.10. The molecule has 5 nitrogen and oxygen atoms in total. The molecule has 1 aromatic carbocycles. The number of nitrogens with two attached hydrogens (primary N) is 1. The van der Waals surface area contributed by atoms with Gasteiger partial charge in [-0.15, -0.1) is 0 Å². The number of benzene rings is 1. The number of nitrogens with zero attached hydrogens (tertiary/aromatic N) is 2. The van der Waals surface area contributed by atoms with Crippen LogP contribution >= 0.6 is 0 Å². The van der Waals surface area contributed by atoms with Crippen LogP contribution in [0.3, 0.4) is 0 Å². The topological polar surface area (TPSA) is 77.0 Å². The Labute approximate surface area is 94.0 Å². The second-order valence-electron chi connectivity index (χ2n) is 4.06. The Morgan fingerprint density at radius 2 is 2.12 bits per heavy atom. The zero-order valence-corrected chi connectivity index (χ0v) is 9.53. The number of nitrogen functional groups attached to an aromatic ring is 1. The van der Waals surface area contributed by atoms with Crippen molar-refractivity contribution in [3.8, 4) is 0 Å². The first-order chi connectivity index (χ1) is 7.72. The van der Waals surface area contributed by atoms with Gasteiger partial charge in [-0.25, -0.2) is 4.63 Å². The summed E-state index contributed by atoms with van der Waals surface area (Å²) in [6.45, 7) is 5.27. The third-order valence-electron chi connectivity index (χ3n) is 2.78. The zero-order chi connectivity index (χ0) is 11.5. The minimum Gasteiger partial charge on any atom is -0.397 e. The minimum absolute atomic E-state index is 0.588. The summed E-state index contributed by atoms with van der Waals surface area (Å²) >= 11 is 0. The molecule has 2 aromatic rings. The van der Waals surface area contributed by atoms with E-state index in [9.17, 15) is 0 Å². The van der Waals surface area contributed by atoms with E-state index < -0.39 is 0 Å². The number of aromatic nitrogens is 2. The van der Waals surface area contributed by atoms with Gasteiger partial charge < -0.3 is 11.1 Å². The van der Waals surface area contributed by atoms with E-state index in [0.717, 1.165) is 18.7 Å². The molecule has 3 N–H and O–H groups in total. The molecule has 1 atom stereocenters. The van der Waals surface area contributed by atoms with Crippen molar-refractivity contribution in [1.29, 1.82) is 0 Å². The molecular formula is C11H16N4O. The largest absolute Gasteiger partial charge is 0.397 e. The van der Waals surface area contributed by atoms with Gasteiger partial charge in [-0.1, -0.05) is 20.3 Å². The van der Waals surface area contributed by atoms with Gasteiger partial charge in [-0.05, 0) is 28.4 Å². The molecule has 5 heteroatoms. The van der Waals surface area contributed by atoms with Gasteiger partial charge in [0.1, 0.15) is 0 Å². The van der Waals surface area contributed by atoms with E-state index in [2.05, 4.69) is 29.5 Å². The zero-order valence-electron chi connectivity index (χ0n) is 9.53. The van der Waals surface area contributed by atoms with Crippen LogP contribution in [0.2, 0.25) is 0 Å². The molecule has 16 heavy (non-hydrogen) atoms. The highest BCUT2D eigenvalue weighted by Crippen LogP contribution is 2.25. The van der Waals surface area contributed by atoms with Gasteiger partial charge in [-0.3, -0.25) is 0 Å². The van der Waals surface area contributed by atoms with Crippen LogP contribution in [-0.2, 0) is 0 Å². The lowest BCUT2D eigenvalue weighted by atomic mass is 10.1. The Kier molecular flexibility index (Phi) is 2.94. The van der Waals surface area contributed by atoms with Crippen LogP contribution in [-0.4, -0.2) is 16.9 Å². The maximum Gasteiger partial charge on any atom is 0.160 e. The molecule has 0 saturated heterocycles.